The minimum atomic E-state index is 1.01. The van der Waals surface area contributed by atoms with E-state index in [4.69, 9.17) is 0 Å². The maximum absolute atomic E-state index is 2.44. The van der Waals surface area contributed by atoms with Gasteiger partial charge >= 0.3 is 0 Å². The summed E-state index contributed by atoms with van der Waals surface area (Å²) < 4.78 is 0. The molecular weight excluding hydrogens is 170 g/mol. The van der Waals surface area contributed by atoms with Crippen LogP contribution in [0.4, 0.5) is 0 Å². The highest BCUT2D eigenvalue weighted by Gasteiger charge is 2.07. The van der Waals surface area contributed by atoms with Crippen LogP contribution in [0.3, 0.4) is 0 Å². The van der Waals surface area contributed by atoms with Gasteiger partial charge in [0.1, 0.15) is 0 Å². The highest BCUT2D eigenvalue weighted by molar-refractivity contribution is 4.58. The number of nitrogens with two attached hydrogens (primary N) is 1. The summed E-state index contributed by atoms with van der Waals surface area (Å²) in [6.45, 7) is 9.43. The molecule has 0 unspecified atom stereocenters. The number of hydrogen-bond donors (Lipinski definition) is 1. The first-order chi connectivity index (χ1) is 6.85. The molecule has 0 bridgehead atoms. The zero-order valence-electron chi connectivity index (χ0n) is 10.5. The van der Waals surface area contributed by atoms with Crippen molar-refractivity contribution in [3.63, 3.8) is 0 Å². The van der Waals surface area contributed by atoms with Gasteiger partial charge in [0.25, 0.3) is 0 Å². The Hall–Kier alpha value is -0.0400. The Morgan fingerprint density at radius 3 is 1.86 bits per heavy atom. The zero-order chi connectivity index (χ0) is 10.6. The molecule has 0 saturated heterocycles. The fraction of sp³-hybridized carbons (Fsp3) is 1.00. The van der Waals surface area contributed by atoms with Crippen LogP contribution in [0, 0.1) is 5.92 Å². The van der Waals surface area contributed by atoms with Crippen molar-refractivity contribution in [2.75, 3.05) is 13.1 Å². The van der Waals surface area contributed by atoms with Crippen molar-refractivity contribution in [3.05, 3.63) is 0 Å². The van der Waals surface area contributed by atoms with Crippen molar-refractivity contribution in [1.82, 2.24) is 0 Å². The van der Waals surface area contributed by atoms with E-state index in [-0.39, 0.29) is 0 Å². The molecular formula is C13H30N+. The average Bonchev–Trinajstić information content (AvgIpc) is 2.21. The second kappa shape index (κ2) is 11.0. The summed E-state index contributed by atoms with van der Waals surface area (Å²) in [5.41, 5.74) is 0. The summed E-state index contributed by atoms with van der Waals surface area (Å²) in [6.07, 6.45) is 9.96. The smallest absolute Gasteiger partial charge is 0.0757 e. The van der Waals surface area contributed by atoms with Crippen LogP contribution in [0.5, 0.6) is 0 Å². The lowest BCUT2D eigenvalue weighted by atomic mass is 9.93. The van der Waals surface area contributed by atoms with Gasteiger partial charge in [-0.25, -0.2) is 0 Å². The highest BCUT2D eigenvalue weighted by atomic mass is 14.8. The summed E-state index contributed by atoms with van der Waals surface area (Å²) in [6, 6.07) is 0. The second-order valence-corrected chi connectivity index (χ2v) is 4.42. The van der Waals surface area contributed by atoms with E-state index in [0.717, 1.165) is 5.92 Å². The molecule has 1 heteroatoms. The fourth-order valence-corrected chi connectivity index (χ4v) is 1.98. The van der Waals surface area contributed by atoms with Gasteiger partial charge in [0, 0.05) is 0 Å². The van der Waals surface area contributed by atoms with Gasteiger partial charge in [-0.2, -0.15) is 0 Å². The zero-order valence-corrected chi connectivity index (χ0v) is 10.5. The normalized spacial score (nSPS) is 11.1. The predicted molar refractivity (Wildman–Crippen MR) is 64.5 cm³/mol. The van der Waals surface area contributed by atoms with Crippen LogP contribution in [0.25, 0.3) is 0 Å². The number of hydrogen-bond acceptors (Lipinski definition) is 0. The Balaban J connectivity index is 3.49. The molecule has 0 saturated carbocycles. The molecule has 0 heterocycles. The first kappa shape index (κ1) is 14.0. The van der Waals surface area contributed by atoms with E-state index in [2.05, 4.69) is 26.1 Å². The van der Waals surface area contributed by atoms with Gasteiger partial charge in [-0.15, -0.1) is 0 Å². The third-order valence-electron chi connectivity index (χ3n) is 3.00. The molecule has 0 aliphatic rings. The fourth-order valence-electron chi connectivity index (χ4n) is 1.98. The molecule has 0 aromatic carbocycles. The Morgan fingerprint density at radius 2 is 1.43 bits per heavy atom. The molecule has 0 radical (unpaired) electrons. The van der Waals surface area contributed by atoms with Crippen LogP contribution in [0.2, 0.25) is 0 Å². The summed E-state index contributed by atoms with van der Waals surface area (Å²) in [4.78, 5) is 0. The predicted octanol–water partition coefficient (Wildman–Crippen LogP) is 2.96. The summed E-state index contributed by atoms with van der Waals surface area (Å²) in [5.74, 6) is 1.01. The van der Waals surface area contributed by atoms with E-state index in [0.29, 0.717) is 0 Å². The standard InChI is InChI=1S/C13H29N/c1-4-7-9-13(10-8-5-2)11-12-14-6-3/h13-14H,4-12H2,1-3H3/p+1. The monoisotopic (exact) mass is 200 g/mol. The summed E-state index contributed by atoms with van der Waals surface area (Å²) in [7, 11) is 0. The van der Waals surface area contributed by atoms with Gasteiger partial charge in [-0.05, 0) is 19.3 Å². The lowest BCUT2D eigenvalue weighted by Crippen LogP contribution is -2.83. The van der Waals surface area contributed by atoms with Gasteiger partial charge in [-0.1, -0.05) is 52.4 Å². The highest BCUT2D eigenvalue weighted by Crippen LogP contribution is 2.18. The SMILES string of the molecule is CCCCC(CCCC)CC[NH2+]CC. The van der Waals surface area contributed by atoms with Crippen LogP contribution in [0.1, 0.15) is 65.7 Å². The van der Waals surface area contributed by atoms with E-state index < -0.39 is 0 Å². The molecule has 0 aliphatic carbocycles. The van der Waals surface area contributed by atoms with Crippen molar-refractivity contribution < 1.29 is 5.32 Å². The van der Waals surface area contributed by atoms with Crippen molar-refractivity contribution >= 4 is 0 Å². The number of quaternary nitrogens is 1. The third-order valence-corrected chi connectivity index (χ3v) is 3.00. The largest absolute Gasteiger partial charge is 0.346 e. The first-order valence-corrected chi connectivity index (χ1v) is 6.66. The third kappa shape index (κ3) is 8.55. The van der Waals surface area contributed by atoms with Gasteiger partial charge in [0.15, 0.2) is 0 Å². The van der Waals surface area contributed by atoms with E-state index >= 15 is 0 Å². The van der Waals surface area contributed by atoms with Crippen molar-refractivity contribution in [2.45, 2.75) is 65.7 Å². The van der Waals surface area contributed by atoms with Gasteiger partial charge in [-0.3, -0.25) is 0 Å². The molecule has 14 heavy (non-hydrogen) atoms. The van der Waals surface area contributed by atoms with Crippen molar-refractivity contribution in [2.24, 2.45) is 5.92 Å². The second-order valence-electron chi connectivity index (χ2n) is 4.42. The molecule has 1 nitrogen and oxygen atoms in total. The van der Waals surface area contributed by atoms with E-state index in [1.807, 2.05) is 0 Å². The van der Waals surface area contributed by atoms with Crippen LogP contribution in [-0.4, -0.2) is 13.1 Å². The summed E-state index contributed by atoms with van der Waals surface area (Å²) >= 11 is 0. The van der Waals surface area contributed by atoms with Gasteiger partial charge in [0.2, 0.25) is 0 Å². The van der Waals surface area contributed by atoms with Crippen LogP contribution in [0.15, 0.2) is 0 Å². The van der Waals surface area contributed by atoms with Gasteiger partial charge in [0.05, 0.1) is 13.1 Å². The molecule has 2 N–H and O–H groups in total. The average molecular weight is 200 g/mol. The molecule has 86 valence electrons. The Kier molecular flexibility index (Phi) is 11.0. The topological polar surface area (TPSA) is 16.6 Å². The van der Waals surface area contributed by atoms with Gasteiger partial charge < -0.3 is 5.32 Å². The van der Waals surface area contributed by atoms with Crippen LogP contribution < -0.4 is 5.32 Å². The minimum absolute atomic E-state index is 1.01. The lowest BCUT2D eigenvalue weighted by molar-refractivity contribution is -0.652. The van der Waals surface area contributed by atoms with E-state index in [1.54, 1.807) is 0 Å². The van der Waals surface area contributed by atoms with Crippen molar-refractivity contribution in [1.29, 1.82) is 0 Å². The molecule has 0 spiro atoms. The number of rotatable bonds is 10. The lowest BCUT2D eigenvalue weighted by Gasteiger charge is -2.14. The summed E-state index contributed by atoms with van der Waals surface area (Å²) in [5, 5.41) is 2.44. The minimum Gasteiger partial charge on any atom is -0.346 e. The quantitative estimate of drug-likeness (QED) is 0.522. The van der Waals surface area contributed by atoms with Crippen LogP contribution in [-0.2, 0) is 0 Å². The Bertz CT molecular complexity index is 93.4. The molecule has 0 aromatic rings. The number of unbranched alkanes of at least 4 members (excludes halogenated alkanes) is 2. The Labute approximate surface area is 90.7 Å². The first-order valence-electron chi connectivity index (χ1n) is 6.66. The maximum atomic E-state index is 2.44. The van der Waals surface area contributed by atoms with E-state index in [9.17, 15) is 0 Å². The molecule has 0 rings (SSSR count). The van der Waals surface area contributed by atoms with Crippen LogP contribution >= 0.6 is 0 Å². The van der Waals surface area contributed by atoms with E-state index in [1.165, 1.54) is 58.0 Å². The molecule has 0 fully saturated rings. The van der Waals surface area contributed by atoms with Crippen molar-refractivity contribution in [3.8, 4) is 0 Å². The molecule has 0 amide bonds. The Morgan fingerprint density at radius 1 is 0.857 bits per heavy atom. The molecule has 0 atom stereocenters. The molecule has 0 aliphatic heterocycles. The maximum Gasteiger partial charge on any atom is 0.0757 e. The molecule has 0 aromatic heterocycles.